The topological polar surface area (TPSA) is 38.0 Å². The summed E-state index contributed by atoms with van der Waals surface area (Å²) in [5, 5.41) is 3.58. The lowest BCUT2D eigenvalue weighted by atomic mass is 9.80. The molecule has 0 amide bonds. The Kier molecular flexibility index (Phi) is 7.34. The van der Waals surface area contributed by atoms with Gasteiger partial charge in [-0.05, 0) is 40.5 Å². The number of unbranched alkanes of at least 4 members (excludes halogenated alkanes) is 3. The molecule has 1 aliphatic heterocycles. The molecule has 1 rings (SSSR count). The highest BCUT2D eigenvalue weighted by Crippen LogP contribution is 2.26. The second kappa shape index (κ2) is 7.38. The number of nitrogens with two attached hydrogens (primary N) is 1. The summed E-state index contributed by atoms with van der Waals surface area (Å²) in [7, 11) is 0. The summed E-state index contributed by atoms with van der Waals surface area (Å²) in [5.41, 5.74) is 6.36. The van der Waals surface area contributed by atoms with Crippen LogP contribution in [0.25, 0.3) is 0 Å². The van der Waals surface area contributed by atoms with Crippen LogP contribution in [0.15, 0.2) is 0 Å². The SMILES string of the molecule is CC1(C)CC(N)CC(C)(C)N1.CCCCCC. The van der Waals surface area contributed by atoms with Gasteiger partial charge in [-0.15, -0.1) is 0 Å². The molecule has 0 aliphatic carbocycles. The van der Waals surface area contributed by atoms with Crippen molar-refractivity contribution in [2.24, 2.45) is 5.73 Å². The van der Waals surface area contributed by atoms with E-state index in [4.69, 9.17) is 5.73 Å². The minimum atomic E-state index is 0.209. The maximum Gasteiger partial charge on any atom is 0.0144 e. The van der Waals surface area contributed by atoms with Crippen LogP contribution in [0.1, 0.15) is 80.1 Å². The molecule has 1 heterocycles. The molecule has 3 N–H and O–H groups in total. The monoisotopic (exact) mass is 242 g/mol. The Balaban J connectivity index is 0.000000366. The molecule has 0 radical (unpaired) electrons. The van der Waals surface area contributed by atoms with Crippen molar-refractivity contribution in [1.29, 1.82) is 0 Å². The van der Waals surface area contributed by atoms with E-state index in [-0.39, 0.29) is 11.1 Å². The molecule has 0 saturated carbocycles. The molecule has 0 aromatic rings. The van der Waals surface area contributed by atoms with Crippen LogP contribution in [0.5, 0.6) is 0 Å². The van der Waals surface area contributed by atoms with Crippen molar-refractivity contribution in [2.45, 2.75) is 97.2 Å². The van der Waals surface area contributed by atoms with Crippen LogP contribution < -0.4 is 11.1 Å². The fourth-order valence-electron chi connectivity index (χ4n) is 2.90. The van der Waals surface area contributed by atoms with Gasteiger partial charge >= 0.3 is 0 Å². The molecule has 1 saturated heterocycles. The summed E-state index contributed by atoms with van der Waals surface area (Å²) in [5.74, 6) is 0. The average molecular weight is 242 g/mol. The number of rotatable bonds is 3. The highest BCUT2D eigenvalue weighted by atomic mass is 15.1. The van der Waals surface area contributed by atoms with Crippen molar-refractivity contribution >= 4 is 0 Å². The summed E-state index contributed by atoms with van der Waals surface area (Å²) in [6, 6.07) is 0.362. The first kappa shape index (κ1) is 16.9. The van der Waals surface area contributed by atoms with Gasteiger partial charge in [-0.1, -0.05) is 39.5 Å². The van der Waals surface area contributed by atoms with E-state index in [1.807, 2.05) is 0 Å². The van der Waals surface area contributed by atoms with E-state index in [1.54, 1.807) is 0 Å². The minimum absolute atomic E-state index is 0.209. The van der Waals surface area contributed by atoms with Gasteiger partial charge in [0, 0.05) is 17.1 Å². The summed E-state index contributed by atoms with van der Waals surface area (Å²) in [6.45, 7) is 13.3. The molecule has 2 nitrogen and oxygen atoms in total. The van der Waals surface area contributed by atoms with Gasteiger partial charge in [-0.3, -0.25) is 0 Å². The van der Waals surface area contributed by atoms with Gasteiger partial charge in [0.1, 0.15) is 0 Å². The number of nitrogens with one attached hydrogen (secondary N) is 1. The van der Waals surface area contributed by atoms with E-state index >= 15 is 0 Å². The Bertz CT molecular complexity index is 177. The minimum Gasteiger partial charge on any atom is -0.328 e. The molecule has 0 atom stereocenters. The van der Waals surface area contributed by atoms with Crippen LogP contribution in [-0.4, -0.2) is 17.1 Å². The van der Waals surface area contributed by atoms with E-state index < -0.39 is 0 Å². The fraction of sp³-hybridized carbons (Fsp3) is 1.00. The quantitative estimate of drug-likeness (QED) is 0.738. The van der Waals surface area contributed by atoms with E-state index in [0.717, 1.165) is 12.8 Å². The summed E-state index contributed by atoms with van der Waals surface area (Å²) < 4.78 is 0. The molecule has 0 aromatic heterocycles. The number of hydrogen-bond acceptors (Lipinski definition) is 2. The van der Waals surface area contributed by atoms with Gasteiger partial charge in [0.05, 0.1) is 0 Å². The third kappa shape index (κ3) is 8.62. The lowest BCUT2D eigenvalue weighted by molar-refractivity contribution is 0.163. The zero-order valence-electron chi connectivity index (χ0n) is 12.9. The molecular weight excluding hydrogens is 208 g/mol. The Labute approximate surface area is 109 Å². The van der Waals surface area contributed by atoms with Crippen molar-refractivity contribution in [3.8, 4) is 0 Å². The van der Waals surface area contributed by atoms with E-state index in [9.17, 15) is 0 Å². The summed E-state index contributed by atoms with van der Waals surface area (Å²) in [6.07, 6.45) is 7.70. The molecule has 1 aliphatic rings. The van der Waals surface area contributed by atoms with E-state index in [0.29, 0.717) is 6.04 Å². The smallest absolute Gasteiger partial charge is 0.0144 e. The van der Waals surface area contributed by atoms with Crippen LogP contribution >= 0.6 is 0 Å². The van der Waals surface area contributed by atoms with Gasteiger partial charge in [0.2, 0.25) is 0 Å². The normalized spacial score (nSPS) is 22.8. The lowest BCUT2D eigenvalue weighted by Crippen LogP contribution is -2.60. The molecular formula is C15H34N2. The Morgan fingerprint density at radius 3 is 1.53 bits per heavy atom. The Morgan fingerprint density at radius 2 is 1.29 bits per heavy atom. The molecule has 0 aromatic carbocycles. The van der Waals surface area contributed by atoms with Crippen molar-refractivity contribution in [1.82, 2.24) is 5.32 Å². The van der Waals surface area contributed by atoms with Gasteiger partial charge in [-0.25, -0.2) is 0 Å². The fourth-order valence-corrected chi connectivity index (χ4v) is 2.90. The van der Waals surface area contributed by atoms with Gasteiger partial charge in [-0.2, -0.15) is 0 Å². The lowest BCUT2D eigenvalue weighted by Gasteiger charge is -2.45. The first-order valence-electron chi connectivity index (χ1n) is 7.27. The van der Waals surface area contributed by atoms with Crippen LogP contribution in [0.3, 0.4) is 0 Å². The molecule has 0 spiro atoms. The third-order valence-electron chi connectivity index (χ3n) is 3.18. The highest BCUT2D eigenvalue weighted by Gasteiger charge is 2.35. The third-order valence-corrected chi connectivity index (χ3v) is 3.18. The van der Waals surface area contributed by atoms with Crippen molar-refractivity contribution < 1.29 is 0 Å². The largest absolute Gasteiger partial charge is 0.328 e. The average Bonchev–Trinajstić information content (AvgIpc) is 2.09. The van der Waals surface area contributed by atoms with Gasteiger partial charge < -0.3 is 11.1 Å². The van der Waals surface area contributed by atoms with Crippen LogP contribution in [-0.2, 0) is 0 Å². The standard InChI is InChI=1S/C9H20N2.C6H14/c1-8(2)5-7(10)6-9(3,4)11-8;1-3-5-6-4-2/h7,11H,5-6,10H2,1-4H3;3-6H2,1-2H3. The van der Waals surface area contributed by atoms with Crippen molar-refractivity contribution in [3.63, 3.8) is 0 Å². The first-order valence-corrected chi connectivity index (χ1v) is 7.27. The number of piperidine rings is 1. The molecule has 0 bridgehead atoms. The highest BCUT2D eigenvalue weighted by molar-refractivity contribution is 4.98. The predicted octanol–water partition coefficient (Wildman–Crippen LogP) is 3.84. The molecule has 1 fully saturated rings. The predicted molar refractivity (Wildman–Crippen MR) is 78.3 cm³/mol. The number of hydrogen-bond donors (Lipinski definition) is 2. The Hall–Kier alpha value is -0.0800. The zero-order valence-corrected chi connectivity index (χ0v) is 12.9. The van der Waals surface area contributed by atoms with Crippen LogP contribution in [0.2, 0.25) is 0 Å². The Morgan fingerprint density at radius 1 is 0.941 bits per heavy atom. The summed E-state index contributed by atoms with van der Waals surface area (Å²) in [4.78, 5) is 0. The van der Waals surface area contributed by atoms with Crippen LogP contribution in [0.4, 0.5) is 0 Å². The summed E-state index contributed by atoms with van der Waals surface area (Å²) >= 11 is 0. The molecule has 0 unspecified atom stereocenters. The second-order valence-corrected chi connectivity index (χ2v) is 6.77. The first-order chi connectivity index (χ1) is 7.72. The molecule has 17 heavy (non-hydrogen) atoms. The molecule has 104 valence electrons. The van der Waals surface area contributed by atoms with E-state index in [1.165, 1.54) is 25.7 Å². The maximum atomic E-state index is 5.95. The van der Waals surface area contributed by atoms with E-state index in [2.05, 4.69) is 46.9 Å². The van der Waals surface area contributed by atoms with Gasteiger partial charge in [0.15, 0.2) is 0 Å². The maximum absolute atomic E-state index is 5.95. The van der Waals surface area contributed by atoms with Crippen LogP contribution in [0, 0.1) is 0 Å². The van der Waals surface area contributed by atoms with Gasteiger partial charge in [0.25, 0.3) is 0 Å². The van der Waals surface area contributed by atoms with Crippen molar-refractivity contribution in [3.05, 3.63) is 0 Å². The molecule has 2 heteroatoms. The van der Waals surface area contributed by atoms with Crippen molar-refractivity contribution in [2.75, 3.05) is 0 Å². The zero-order chi connectivity index (χ0) is 13.5. The second-order valence-electron chi connectivity index (χ2n) is 6.77.